The molecule has 9 heteroatoms. The van der Waals surface area contributed by atoms with Gasteiger partial charge in [-0.05, 0) is 6.07 Å². The van der Waals surface area contributed by atoms with Crippen molar-refractivity contribution in [2.24, 2.45) is 5.92 Å². The molecule has 0 aliphatic carbocycles. The Hall–Kier alpha value is -2.22. The smallest absolute Gasteiger partial charge is 0.311 e. The maximum Gasteiger partial charge on any atom is 0.311 e. The Kier molecular flexibility index (Phi) is 4.08. The average Bonchev–Trinajstić information content (AvgIpc) is 2.78. The van der Waals surface area contributed by atoms with E-state index in [0.717, 1.165) is 11.0 Å². The molecule has 0 aromatic heterocycles. The van der Waals surface area contributed by atoms with E-state index < -0.39 is 34.2 Å². The number of rotatable bonds is 3. The van der Waals surface area contributed by atoms with E-state index >= 15 is 0 Å². The first-order valence-electron chi connectivity index (χ1n) is 5.86. The van der Waals surface area contributed by atoms with Crippen molar-refractivity contribution in [2.45, 2.75) is 6.42 Å². The van der Waals surface area contributed by atoms with Gasteiger partial charge in [-0.2, -0.15) is 0 Å². The number of hydrogen-bond acceptors (Lipinski definition) is 5. The lowest BCUT2D eigenvalue weighted by molar-refractivity contribution is -0.384. The zero-order chi connectivity index (χ0) is 15.7. The van der Waals surface area contributed by atoms with Crippen LogP contribution in [0.2, 0.25) is 5.02 Å². The number of nitrogens with zero attached hydrogens (tertiary/aromatic N) is 2. The molecule has 1 unspecified atom stereocenters. The first-order chi connectivity index (χ1) is 9.85. The van der Waals surface area contributed by atoms with Gasteiger partial charge in [-0.15, -0.1) is 0 Å². The molecule has 0 spiro atoms. The van der Waals surface area contributed by atoms with E-state index in [1.807, 2.05) is 0 Å². The van der Waals surface area contributed by atoms with Crippen LogP contribution in [0.5, 0.6) is 0 Å². The maximum atomic E-state index is 13.2. The van der Waals surface area contributed by atoms with Crippen LogP contribution in [0.4, 0.5) is 15.8 Å². The Balaban J connectivity index is 2.45. The molecule has 0 N–H and O–H groups in total. The van der Waals surface area contributed by atoms with Gasteiger partial charge in [-0.25, -0.2) is 4.39 Å². The number of nitro benzene ring substituents is 1. The number of esters is 1. The first kappa shape index (κ1) is 15.2. The van der Waals surface area contributed by atoms with Crippen LogP contribution >= 0.6 is 11.6 Å². The SMILES string of the molecule is COC(=O)C1CC(=O)N(c2c(Cl)cc(F)cc2[N+](=O)[O-])C1. The fourth-order valence-corrected chi connectivity index (χ4v) is 2.51. The molecule has 1 atom stereocenters. The van der Waals surface area contributed by atoms with Crippen molar-refractivity contribution >= 4 is 34.9 Å². The van der Waals surface area contributed by atoms with Crippen LogP contribution in [0.25, 0.3) is 0 Å². The summed E-state index contributed by atoms with van der Waals surface area (Å²) < 4.78 is 17.8. The highest BCUT2D eigenvalue weighted by atomic mass is 35.5. The Morgan fingerprint density at radius 2 is 2.24 bits per heavy atom. The van der Waals surface area contributed by atoms with Crippen LogP contribution in [-0.4, -0.2) is 30.5 Å². The number of carbonyl (C=O) groups is 2. The molecular formula is C12H10ClFN2O5. The zero-order valence-electron chi connectivity index (χ0n) is 10.8. The molecule has 1 heterocycles. The average molecular weight is 317 g/mol. The van der Waals surface area contributed by atoms with Gasteiger partial charge in [-0.3, -0.25) is 19.7 Å². The number of ether oxygens (including phenoxy) is 1. The summed E-state index contributed by atoms with van der Waals surface area (Å²) in [5.74, 6) is -2.72. The molecule has 112 valence electrons. The second kappa shape index (κ2) is 5.65. The van der Waals surface area contributed by atoms with Crippen LogP contribution in [0, 0.1) is 21.8 Å². The van der Waals surface area contributed by atoms with Crippen molar-refractivity contribution in [1.82, 2.24) is 0 Å². The maximum absolute atomic E-state index is 13.2. The largest absolute Gasteiger partial charge is 0.469 e. The summed E-state index contributed by atoms with van der Waals surface area (Å²) in [5, 5.41) is 10.7. The topological polar surface area (TPSA) is 89.8 Å². The van der Waals surface area contributed by atoms with E-state index in [2.05, 4.69) is 4.74 Å². The molecular weight excluding hydrogens is 307 g/mol. The molecule has 1 aliphatic heterocycles. The molecule has 7 nitrogen and oxygen atoms in total. The number of halogens is 2. The summed E-state index contributed by atoms with van der Waals surface area (Å²) in [6.07, 6.45) is -0.141. The normalized spacial score (nSPS) is 18.0. The second-order valence-electron chi connectivity index (χ2n) is 4.44. The zero-order valence-corrected chi connectivity index (χ0v) is 11.6. The Bertz CT molecular complexity index is 636. The van der Waals surface area contributed by atoms with E-state index in [9.17, 15) is 24.1 Å². The summed E-state index contributed by atoms with van der Waals surface area (Å²) in [4.78, 5) is 34.6. The lowest BCUT2D eigenvalue weighted by Gasteiger charge is -2.17. The van der Waals surface area contributed by atoms with Gasteiger partial charge < -0.3 is 9.64 Å². The highest BCUT2D eigenvalue weighted by Gasteiger charge is 2.39. The number of methoxy groups -OCH3 is 1. The van der Waals surface area contributed by atoms with Crippen LogP contribution < -0.4 is 4.90 Å². The minimum atomic E-state index is -0.883. The van der Waals surface area contributed by atoms with Gasteiger partial charge >= 0.3 is 5.97 Å². The number of anilines is 1. The molecule has 0 bridgehead atoms. The van der Waals surface area contributed by atoms with Crippen LogP contribution in [0.1, 0.15) is 6.42 Å². The van der Waals surface area contributed by atoms with Gasteiger partial charge in [0.2, 0.25) is 5.91 Å². The third-order valence-electron chi connectivity index (χ3n) is 3.13. The Morgan fingerprint density at radius 3 is 2.81 bits per heavy atom. The quantitative estimate of drug-likeness (QED) is 0.483. The predicted octanol–water partition coefficient (Wildman–Crippen LogP) is 1.91. The van der Waals surface area contributed by atoms with Crippen molar-refractivity contribution in [1.29, 1.82) is 0 Å². The molecule has 1 aliphatic rings. The number of nitro groups is 1. The van der Waals surface area contributed by atoms with Crippen molar-refractivity contribution in [2.75, 3.05) is 18.6 Å². The van der Waals surface area contributed by atoms with Gasteiger partial charge in [0.05, 0.1) is 29.0 Å². The fourth-order valence-electron chi connectivity index (χ4n) is 2.21. The Labute approximate surface area is 123 Å². The van der Waals surface area contributed by atoms with Gasteiger partial charge in [0, 0.05) is 13.0 Å². The van der Waals surface area contributed by atoms with Crippen molar-refractivity contribution in [3.05, 3.63) is 33.1 Å². The second-order valence-corrected chi connectivity index (χ2v) is 4.85. The van der Waals surface area contributed by atoms with Gasteiger partial charge in [0.1, 0.15) is 11.5 Å². The molecule has 1 fully saturated rings. The fraction of sp³-hybridized carbons (Fsp3) is 0.333. The molecule has 21 heavy (non-hydrogen) atoms. The minimum Gasteiger partial charge on any atom is -0.469 e. The Morgan fingerprint density at radius 1 is 1.57 bits per heavy atom. The minimum absolute atomic E-state index is 0.0995. The highest BCUT2D eigenvalue weighted by molar-refractivity contribution is 6.34. The molecule has 1 aromatic carbocycles. The van der Waals surface area contributed by atoms with Gasteiger partial charge in [-0.1, -0.05) is 11.6 Å². The number of hydrogen-bond donors (Lipinski definition) is 0. The third-order valence-corrected chi connectivity index (χ3v) is 3.42. The van der Waals surface area contributed by atoms with Crippen LogP contribution in [0.3, 0.4) is 0 Å². The van der Waals surface area contributed by atoms with Crippen molar-refractivity contribution < 1.29 is 23.6 Å². The molecule has 2 rings (SSSR count). The number of amides is 1. The van der Waals surface area contributed by atoms with E-state index in [4.69, 9.17) is 11.6 Å². The van der Waals surface area contributed by atoms with Crippen LogP contribution in [-0.2, 0) is 14.3 Å². The lowest BCUT2D eigenvalue weighted by atomic mass is 10.1. The summed E-state index contributed by atoms with van der Waals surface area (Å²) in [6.45, 7) is -0.0995. The van der Waals surface area contributed by atoms with E-state index in [-0.39, 0.29) is 23.7 Å². The van der Waals surface area contributed by atoms with Gasteiger partial charge in [0.25, 0.3) is 5.69 Å². The third kappa shape index (κ3) is 2.80. The van der Waals surface area contributed by atoms with E-state index in [1.165, 1.54) is 7.11 Å². The highest BCUT2D eigenvalue weighted by Crippen LogP contribution is 2.39. The molecule has 1 aromatic rings. The number of benzene rings is 1. The number of carbonyl (C=O) groups excluding carboxylic acids is 2. The predicted molar refractivity (Wildman–Crippen MR) is 70.5 cm³/mol. The summed E-state index contributed by atoms with van der Waals surface area (Å²) in [7, 11) is 1.18. The first-order valence-corrected chi connectivity index (χ1v) is 6.24. The van der Waals surface area contributed by atoms with Gasteiger partial charge in [0.15, 0.2) is 0 Å². The summed E-state index contributed by atoms with van der Waals surface area (Å²) in [6, 6.07) is 1.56. The van der Waals surface area contributed by atoms with Crippen molar-refractivity contribution in [3.63, 3.8) is 0 Å². The van der Waals surface area contributed by atoms with E-state index in [0.29, 0.717) is 6.07 Å². The molecule has 1 amide bonds. The summed E-state index contributed by atoms with van der Waals surface area (Å²) >= 11 is 5.83. The summed E-state index contributed by atoms with van der Waals surface area (Å²) in [5.41, 5.74) is -0.835. The van der Waals surface area contributed by atoms with E-state index in [1.54, 1.807) is 0 Å². The van der Waals surface area contributed by atoms with Crippen LogP contribution in [0.15, 0.2) is 12.1 Å². The standard InChI is InChI=1S/C12H10ClFN2O5/c1-21-12(18)6-2-10(17)15(5-6)11-8(13)3-7(14)4-9(11)16(19)20/h3-4,6H,2,5H2,1H3. The molecule has 1 saturated heterocycles. The lowest BCUT2D eigenvalue weighted by Crippen LogP contribution is -2.27. The monoisotopic (exact) mass is 316 g/mol. The molecule has 0 saturated carbocycles. The molecule has 0 radical (unpaired) electrons. The van der Waals surface area contributed by atoms with Crippen molar-refractivity contribution in [3.8, 4) is 0 Å².